The van der Waals surface area contributed by atoms with Crippen LogP contribution in [0, 0.1) is 5.92 Å². The van der Waals surface area contributed by atoms with E-state index in [0.29, 0.717) is 37.3 Å². The van der Waals surface area contributed by atoms with E-state index in [-0.39, 0.29) is 5.92 Å². The van der Waals surface area contributed by atoms with Gasteiger partial charge in [-0.05, 0) is 61.4 Å². The Bertz CT molecular complexity index is 902. The summed E-state index contributed by atoms with van der Waals surface area (Å²) < 4.78 is 38.5. The first kappa shape index (κ1) is 20.1. The van der Waals surface area contributed by atoms with Gasteiger partial charge in [-0.25, -0.2) is 0 Å². The highest BCUT2D eigenvalue weighted by Crippen LogP contribution is 2.43. The van der Waals surface area contributed by atoms with Crippen LogP contribution in [-0.4, -0.2) is 17.6 Å². The van der Waals surface area contributed by atoms with Crippen molar-refractivity contribution in [3.63, 3.8) is 0 Å². The monoisotopic (exact) mass is 421 g/mol. The van der Waals surface area contributed by atoms with Crippen molar-refractivity contribution in [2.45, 2.75) is 50.4 Å². The highest BCUT2D eigenvalue weighted by molar-refractivity contribution is 6.30. The molecule has 2 aromatic carbocycles. The second-order valence-electron chi connectivity index (χ2n) is 7.94. The summed E-state index contributed by atoms with van der Waals surface area (Å²) in [5, 5.41) is 7.69. The second kappa shape index (κ2) is 7.90. The van der Waals surface area contributed by atoms with Gasteiger partial charge >= 0.3 is 6.18 Å². The highest BCUT2D eigenvalue weighted by atomic mass is 35.5. The molecule has 4 rings (SSSR count). The van der Waals surface area contributed by atoms with E-state index in [0.717, 1.165) is 22.8 Å². The van der Waals surface area contributed by atoms with E-state index < -0.39 is 18.1 Å². The molecule has 1 saturated carbocycles. The third-order valence-electron chi connectivity index (χ3n) is 5.80. The molecule has 154 valence electrons. The highest BCUT2D eigenvalue weighted by Gasteiger charge is 2.44. The van der Waals surface area contributed by atoms with E-state index in [1.54, 1.807) is 0 Å². The van der Waals surface area contributed by atoms with Crippen molar-refractivity contribution in [2.24, 2.45) is 10.9 Å². The number of amidine groups is 1. The summed E-state index contributed by atoms with van der Waals surface area (Å²) in [6, 6.07) is 15.4. The third kappa shape index (κ3) is 4.69. The molecule has 1 fully saturated rings. The number of halogens is 4. The van der Waals surface area contributed by atoms with Crippen molar-refractivity contribution < 1.29 is 13.2 Å². The summed E-state index contributed by atoms with van der Waals surface area (Å²) in [7, 11) is 0. The number of fused-ring (bicyclic) bond motifs is 1. The van der Waals surface area contributed by atoms with Crippen LogP contribution in [0.3, 0.4) is 0 Å². The van der Waals surface area contributed by atoms with E-state index in [9.17, 15) is 13.2 Å². The van der Waals surface area contributed by atoms with Crippen LogP contribution in [0.25, 0.3) is 0 Å². The van der Waals surface area contributed by atoms with Gasteiger partial charge in [0, 0.05) is 11.4 Å². The molecule has 2 aliphatic rings. The fraction of sp³-hybridized carbons (Fsp3) is 0.409. The van der Waals surface area contributed by atoms with Crippen molar-refractivity contribution in [1.29, 1.82) is 0 Å². The number of benzene rings is 2. The normalized spacial score (nSPS) is 25.4. The molecule has 0 saturated heterocycles. The number of nitrogens with one attached hydrogen (secondary N) is 2. The fourth-order valence-electron chi connectivity index (χ4n) is 4.33. The number of hydrogen-bond acceptors (Lipinski definition) is 2. The predicted octanol–water partition coefficient (Wildman–Crippen LogP) is 6.66. The van der Waals surface area contributed by atoms with Gasteiger partial charge in [0.1, 0.15) is 5.84 Å². The molecule has 3 nitrogen and oxygen atoms in total. The molecule has 1 aliphatic heterocycles. The van der Waals surface area contributed by atoms with Crippen LogP contribution in [0.15, 0.2) is 53.5 Å². The van der Waals surface area contributed by atoms with Gasteiger partial charge in [-0.1, -0.05) is 35.9 Å². The molecule has 0 amide bonds. The van der Waals surface area contributed by atoms with E-state index >= 15 is 0 Å². The first-order valence-corrected chi connectivity index (χ1v) is 10.2. The maximum Gasteiger partial charge on any atom is 0.389 e. The van der Waals surface area contributed by atoms with Gasteiger partial charge in [-0.3, -0.25) is 4.99 Å². The lowest BCUT2D eigenvalue weighted by atomic mass is 9.73. The second-order valence-corrected chi connectivity index (χ2v) is 8.37. The van der Waals surface area contributed by atoms with Gasteiger partial charge in [0.25, 0.3) is 0 Å². The number of nitrogens with zero attached hydrogens (tertiary/aromatic N) is 1. The maximum absolute atomic E-state index is 12.8. The van der Waals surface area contributed by atoms with Gasteiger partial charge < -0.3 is 10.6 Å². The van der Waals surface area contributed by atoms with Gasteiger partial charge in [0.05, 0.1) is 23.5 Å². The Balaban J connectivity index is 1.58. The van der Waals surface area contributed by atoms with Crippen LogP contribution in [0.5, 0.6) is 0 Å². The molecule has 0 atom stereocenters. The molecule has 2 N–H and O–H groups in total. The Morgan fingerprint density at radius 3 is 2.45 bits per heavy atom. The molecule has 0 unspecified atom stereocenters. The van der Waals surface area contributed by atoms with Gasteiger partial charge in [0.15, 0.2) is 0 Å². The molecule has 29 heavy (non-hydrogen) atoms. The van der Waals surface area contributed by atoms with Crippen molar-refractivity contribution >= 4 is 28.8 Å². The number of aliphatic imine (C=N–C) groups is 1. The van der Waals surface area contributed by atoms with Gasteiger partial charge in [-0.2, -0.15) is 13.2 Å². The molecular weight excluding hydrogens is 399 g/mol. The maximum atomic E-state index is 12.8. The van der Waals surface area contributed by atoms with Crippen molar-refractivity contribution in [2.75, 3.05) is 10.6 Å². The van der Waals surface area contributed by atoms with E-state index in [1.807, 2.05) is 48.5 Å². The summed E-state index contributed by atoms with van der Waals surface area (Å²) in [4.78, 5) is 4.83. The smallest absolute Gasteiger partial charge is 0.371 e. The van der Waals surface area contributed by atoms with Crippen LogP contribution in [-0.2, 0) is 6.54 Å². The van der Waals surface area contributed by atoms with Crippen molar-refractivity contribution in [3.05, 3.63) is 59.1 Å². The van der Waals surface area contributed by atoms with E-state index in [4.69, 9.17) is 16.6 Å². The Labute approximate surface area is 173 Å². The third-order valence-corrected chi connectivity index (χ3v) is 6.03. The molecule has 1 heterocycles. The number of anilines is 2. The summed E-state index contributed by atoms with van der Waals surface area (Å²) in [6.07, 6.45) is -2.54. The lowest BCUT2D eigenvalue weighted by Crippen LogP contribution is -2.54. The lowest BCUT2D eigenvalue weighted by Gasteiger charge is -2.45. The zero-order valence-corrected chi connectivity index (χ0v) is 16.7. The minimum atomic E-state index is -4.11. The summed E-state index contributed by atoms with van der Waals surface area (Å²) in [5.41, 5.74) is 2.42. The van der Waals surface area contributed by atoms with Crippen LogP contribution in [0.4, 0.5) is 24.5 Å². The summed E-state index contributed by atoms with van der Waals surface area (Å²) in [5.74, 6) is 0.468. The number of hydrogen-bond donors (Lipinski definition) is 2. The Morgan fingerprint density at radius 1 is 1.03 bits per heavy atom. The SMILES string of the molecule is FC(F)(F)CC1CCC2(CC1)Nc1ccccc1NC2=NCc1cccc(Cl)c1. The van der Waals surface area contributed by atoms with Crippen LogP contribution >= 0.6 is 11.6 Å². The average Bonchev–Trinajstić information content (AvgIpc) is 2.67. The van der Waals surface area contributed by atoms with Crippen molar-refractivity contribution in [3.8, 4) is 0 Å². The van der Waals surface area contributed by atoms with E-state index in [1.165, 1.54) is 0 Å². The predicted molar refractivity (Wildman–Crippen MR) is 112 cm³/mol. The zero-order chi connectivity index (χ0) is 20.5. The summed E-state index contributed by atoms with van der Waals surface area (Å²) >= 11 is 6.08. The average molecular weight is 422 g/mol. The quantitative estimate of drug-likeness (QED) is 0.581. The lowest BCUT2D eigenvalue weighted by molar-refractivity contribution is -0.146. The van der Waals surface area contributed by atoms with Crippen LogP contribution < -0.4 is 10.6 Å². The van der Waals surface area contributed by atoms with Crippen LogP contribution in [0.1, 0.15) is 37.7 Å². The van der Waals surface area contributed by atoms with Gasteiger partial charge in [0.2, 0.25) is 0 Å². The fourth-order valence-corrected chi connectivity index (χ4v) is 4.54. The first-order valence-electron chi connectivity index (χ1n) is 9.83. The molecule has 0 radical (unpaired) electrons. The number of alkyl halides is 3. The minimum Gasteiger partial charge on any atom is -0.371 e. The van der Waals surface area contributed by atoms with Crippen molar-refractivity contribution in [1.82, 2.24) is 0 Å². The number of para-hydroxylation sites is 2. The van der Waals surface area contributed by atoms with E-state index in [2.05, 4.69) is 10.6 Å². The largest absolute Gasteiger partial charge is 0.389 e. The zero-order valence-electron chi connectivity index (χ0n) is 15.9. The molecule has 7 heteroatoms. The molecule has 1 spiro atoms. The Morgan fingerprint density at radius 2 is 1.76 bits per heavy atom. The van der Waals surface area contributed by atoms with Gasteiger partial charge in [-0.15, -0.1) is 0 Å². The molecule has 0 bridgehead atoms. The first-order chi connectivity index (χ1) is 13.8. The molecule has 1 aliphatic carbocycles. The topological polar surface area (TPSA) is 36.4 Å². The molecular formula is C22H23ClF3N3. The van der Waals surface area contributed by atoms with Crippen LogP contribution in [0.2, 0.25) is 5.02 Å². The summed E-state index contributed by atoms with van der Waals surface area (Å²) in [6.45, 7) is 0.459. The molecule has 2 aromatic rings. The minimum absolute atomic E-state index is 0.325. The Kier molecular flexibility index (Phi) is 5.47. The molecule has 0 aromatic heterocycles. The Hall–Kier alpha value is -2.21. The number of rotatable bonds is 3. The standard InChI is InChI=1S/C22H23ClF3N3/c23-17-5-3-4-16(12-17)14-27-20-21(29-19-7-2-1-6-18(19)28-20)10-8-15(9-11-21)13-22(24,25)26/h1-7,12,15,29H,8-11,13-14H2,(H,27,28).